The number of amides is 2. The summed E-state index contributed by atoms with van der Waals surface area (Å²) in [5.74, 6) is -0.389. The summed E-state index contributed by atoms with van der Waals surface area (Å²) >= 11 is 3.37. The number of carbonyl (C=O) groups is 2. The number of hydrogen-bond donors (Lipinski definition) is 1. The largest absolute Gasteiger partial charge is 0.325 e. The van der Waals surface area contributed by atoms with E-state index in [-0.39, 0.29) is 11.8 Å². The van der Waals surface area contributed by atoms with E-state index < -0.39 is 5.41 Å². The van der Waals surface area contributed by atoms with Gasteiger partial charge in [0.05, 0.1) is 0 Å². The zero-order chi connectivity index (χ0) is 16.4. The molecule has 0 radical (unpaired) electrons. The van der Waals surface area contributed by atoms with Crippen molar-refractivity contribution in [3.05, 3.63) is 59.1 Å². The van der Waals surface area contributed by atoms with Gasteiger partial charge in [-0.2, -0.15) is 0 Å². The molecule has 0 atom stereocenters. The molecule has 0 aliphatic heterocycles. The van der Waals surface area contributed by atoms with Gasteiger partial charge in [0.1, 0.15) is 5.41 Å². The van der Waals surface area contributed by atoms with Crippen LogP contribution in [0.2, 0.25) is 0 Å². The van der Waals surface area contributed by atoms with Crippen LogP contribution in [0.1, 0.15) is 12.8 Å². The fraction of sp³-hybridized carbons (Fsp3) is 0.222. The maximum Gasteiger partial charge on any atom is 0.242 e. The number of anilines is 2. The molecule has 2 aromatic rings. The minimum absolute atomic E-state index is 0.156. The molecule has 1 fully saturated rings. The molecule has 2 amide bonds. The number of carbonyl (C=O) groups excluding carboxylic acids is 2. The number of benzene rings is 2. The summed E-state index contributed by atoms with van der Waals surface area (Å²) in [4.78, 5) is 27.0. The van der Waals surface area contributed by atoms with Crippen LogP contribution in [-0.4, -0.2) is 18.9 Å². The fourth-order valence-electron chi connectivity index (χ4n) is 2.57. The SMILES string of the molecule is CN(C(=O)C1(C(=O)Nc2cccc(Br)c2)CC1)c1ccccc1. The first-order valence-electron chi connectivity index (χ1n) is 7.43. The number of halogens is 1. The van der Waals surface area contributed by atoms with Gasteiger partial charge in [-0.25, -0.2) is 0 Å². The first kappa shape index (κ1) is 15.7. The van der Waals surface area contributed by atoms with Gasteiger partial charge in [0, 0.05) is 22.9 Å². The molecule has 0 aromatic heterocycles. The first-order valence-corrected chi connectivity index (χ1v) is 8.22. The minimum atomic E-state index is -0.938. The molecule has 1 aliphatic rings. The normalized spacial score (nSPS) is 14.9. The van der Waals surface area contributed by atoms with E-state index in [2.05, 4.69) is 21.2 Å². The summed E-state index contributed by atoms with van der Waals surface area (Å²) in [6.45, 7) is 0. The highest BCUT2D eigenvalue weighted by Gasteiger charge is 2.57. The van der Waals surface area contributed by atoms with E-state index in [4.69, 9.17) is 0 Å². The van der Waals surface area contributed by atoms with Crippen molar-refractivity contribution in [2.75, 3.05) is 17.3 Å². The molecule has 118 valence electrons. The van der Waals surface area contributed by atoms with E-state index in [0.717, 1.165) is 10.2 Å². The summed E-state index contributed by atoms with van der Waals surface area (Å²) < 4.78 is 0.882. The molecule has 0 bridgehead atoms. The topological polar surface area (TPSA) is 49.4 Å². The van der Waals surface area contributed by atoms with Crippen LogP contribution in [0.15, 0.2) is 59.1 Å². The van der Waals surface area contributed by atoms with Crippen LogP contribution in [0, 0.1) is 5.41 Å². The summed E-state index contributed by atoms with van der Waals surface area (Å²) in [6, 6.07) is 16.7. The monoisotopic (exact) mass is 372 g/mol. The van der Waals surface area contributed by atoms with Crippen molar-refractivity contribution < 1.29 is 9.59 Å². The van der Waals surface area contributed by atoms with Gasteiger partial charge < -0.3 is 10.2 Å². The third-order valence-electron chi connectivity index (χ3n) is 4.12. The zero-order valence-corrected chi connectivity index (χ0v) is 14.3. The standard InChI is InChI=1S/C18H17BrN2O2/c1-21(15-8-3-2-4-9-15)17(23)18(10-11-18)16(22)20-14-7-5-6-13(19)12-14/h2-9,12H,10-11H2,1H3,(H,20,22). The Hall–Kier alpha value is -2.14. The third kappa shape index (κ3) is 3.15. The van der Waals surface area contributed by atoms with Gasteiger partial charge in [-0.3, -0.25) is 9.59 Å². The van der Waals surface area contributed by atoms with Crippen LogP contribution in [0.3, 0.4) is 0 Å². The highest BCUT2D eigenvalue weighted by atomic mass is 79.9. The van der Waals surface area contributed by atoms with Crippen molar-refractivity contribution in [2.45, 2.75) is 12.8 Å². The molecule has 1 N–H and O–H groups in total. The van der Waals surface area contributed by atoms with Crippen LogP contribution >= 0.6 is 15.9 Å². The maximum absolute atomic E-state index is 12.8. The van der Waals surface area contributed by atoms with Crippen molar-refractivity contribution in [3.63, 3.8) is 0 Å². The summed E-state index contributed by atoms with van der Waals surface area (Å²) in [6.07, 6.45) is 1.17. The van der Waals surface area contributed by atoms with Crippen LogP contribution in [0.25, 0.3) is 0 Å². The van der Waals surface area contributed by atoms with Gasteiger partial charge in [-0.05, 0) is 43.2 Å². The molecular formula is C18H17BrN2O2. The lowest BCUT2D eigenvalue weighted by Crippen LogP contribution is -2.41. The Balaban J connectivity index is 1.76. The molecular weight excluding hydrogens is 356 g/mol. The first-order chi connectivity index (χ1) is 11.0. The number of nitrogens with zero attached hydrogens (tertiary/aromatic N) is 1. The van der Waals surface area contributed by atoms with E-state index in [1.54, 1.807) is 11.9 Å². The highest BCUT2D eigenvalue weighted by Crippen LogP contribution is 2.48. The molecule has 0 spiro atoms. The Kier molecular flexibility index (Phi) is 4.22. The smallest absolute Gasteiger partial charge is 0.242 e. The second-order valence-electron chi connectivity index (χ2n) is 5.75. The van der Waals surface area contributed by atoms with Crippen LogP contribution in [0.5, 0.6) is 0 Å². The molecule has 1 saturated carbocycles. The average molecular weight is 373 g/mol. The highest BCUT2D eigenvalue weighted by molar-refractivity contribution is 9.10. The molecule has 3 rings (SSSR count). The van der Waals surface area contributed by atoms with E-state index in [1.165, 1.54) is 0 Å². The number of rotatable bonds is 4. The number of hydrogen-bond acceptors (Lipinski definition) is 2. The van der Waals surface area contributed by atoms with E-state index in [9.17, 15) is 9.59 Å². The second-order valence-corrected chi connectivity index (χ2v) is 6.66. The lowest BCUT2D eigenvalue weighted by Gasteiger charge is -2.23. The minimum Gasteiger partial charge on any atom is -0.325 e. The Morgan fingerprint density at radius 3 is 2.39 bits per heavy atom. The lowest BCUT2D eigenvalue weighted by molar-refractivity contribution is -0.132. The summed E-state index contributed by atoms with van der Waals surface area (Å²) in [5.41, 5.74) is 0.539. The van der Waals surface area contributed by atoms with Crippen LogP contribution in [0.4, 0.5) is 11.4 Å². The zero-order valence-electron chi connectivity index (χ0n) is 12.8. The Morgan fingerprint density at radius 2 is 1.78 bits per heavy atom. The van der Waals surface area contributed by atoms with Crippen LogP contribution < -0.4 is 10.2 Å². The lowest BCUT2D eigenvalue weighted by atomic mass is 10.0. The number of nitrogens with one attached hydrogen (secondary N) is 1. The van der Waals surface area contributed by atoms with Crippen molar-refractivity contribution in [3.8, 4) is 0 Å². The third-order valence-corrected chi connectivity index (χ3v) is 4.62. The molecule has 2 aromatic carbocycles. The quantitative estimate of drug-likeness (QED) is 0.829. The fourth-order valence-corrected chi connectivity index (χ4v) is 2.97. The van der Waals surface area contributed by atoms with Crippen molar-refractivity contribution in [2.24, 2.45) is 5.41 Å². The maximum atomic E-state index is 12.8. The Bertz CT molecular complexity index is 742. The van der Waals surface area contributed by atoms with Gasteiger partial charge in [0.2, 0.25) is 11.8 Å². The van der Waals surface area contributed by atoms with E-state index in [1.807, 2.05) is 54.6 Å². The molecule has 4 nitrogen and oxygen atoms in total. The van der Waals surface area contributed by atoms with Gasteiger partial charge in [0.15, 0.2) is 0 Å². The Morgan fingerprint density at radius 1 is 1.09 bits per heavy atom. The summed E-state index contributed by atoms with van der Waals surface area (Å²) in [5, 5.41) is 2.86. The predicted molar refractivity (Wildman–Crippen MR) is 94.3 cm³/mol. The molecule has 23 heavy (non-hydrogen) atoms. The molecule has 0 saturated heterocycles. The second kappa shape index (κ2) is 6.16. The van der Waals surface area contributed by atoms with Crippen molar-refractivity contribution >= 4 is 39.1 Å². The van der Waals surface area contributed by atoms with E-state index in [0.29, 0.717) is 18.5 Å². The molecule has 5 heteroatoms. The Labute approximate surface area is 143 Å². The van der Waals surface area contributed by atoms with Gasteiger partial charge in [0.25, 0.3) is 0 Å². The molecule has 0 unspecified atom stereocenters. The molecule has 0 heterocycles. The van der Waals surface area contributed by atoms with Crippen molar-refractivity contribution in [1.82, 2.24) is 0 Å². The number of para-hydroxylation sites is 1. The van der Waals surface area contributed by atoms with Gasteiger partial charge in [-0.1, -0.05) is 40.2 Å². The molecule has 1 aliphatic carbocycles. The average Bonchev–Trinajstić information content (AvgIpc) is 3.36. The van der Waals surface area contributed by atoms with Crippen LogP contribution in [-0.2, 0) is 9.59 Å². The van der Waals surface area contributed by atoms with Gasteiger partial charge in [-0.15, -0.1) is 0 Å². The predicted octanol–water partition coefficient (Wildman–Crippen LogP) is 3.83. The van der Waals surface area contributed by atoms with Crippen molar-refractivity contribution in [1.29, 1.82) is 0 Å². The van der Waals surface area contributed by atoms with E-state index >= 15 is 0 Å². The summed E-state index contributed by atoms with van der Waals surface area (Å²) in [7, 11) is 1.71. The van der Waals surface area contributed by atoms with Gasteiger partial charge >= 0.3 is 0 Å².